The molecule has 2 N–H and O–H groups in total. The lowest BCUT2D eigenvalue weighted by atomic mass is 9.94. The van der Waals surface area contributed by atoms with Gasteiger partial charge in [-0.15, -0.1) is 0 Å². The zero-order valence-electron chi connectivity index (χ0n) is 14.0. The summed E-state index contributed by atoms with van der Waals surface area (Å²) < 4.78 is 10.8. The molecule has 2 saturated heterocycles. The lowest BCUT2D eigenvalue weighted by Crippen LogP contribution is -2.49. The average molecular weight is 326 g/mol. The van der Waals surface area contributed by atoms with Crippen LogP contribution in [-0.2, 0) is 23.9 Å². The van der Waals surface area contributed by atoms with Gasteiger partial charge in [0.2, 0.25) is 17.6 Å². The van der Waals surface area contributed by atoms with Gasteiger partial charge >= 0.3 is 5.97 Å². The van der Waals surface area contributed by atoms with Gasteiger partial charge in [0.15, 0.2) is 6.10 Å². The summed E-state index contributed by atoms with van der Waals surface area (Å²) in [5, 5.41) is 0. The lowest BCUT2D eigenvalue weighted by molar-refractivity contribution is -0.163. The first kappa shape index (κ1) is 17.7. The van der Waals surface area contributed by atoms with Crippen molar-refractivity contribution < 1.29 is 23.9 Å². The van der Waals surface area contributed by atoms with Gasteiger partial charge in [0, 0.05) is 20.4 Å². The fourth-order valence-corrected chi connectivity index (χ4v) is 3.29. The normalized spacial score (nSPS) is 27.8. The molecule has 7 nitrogen and oxygen atoms in total. The molecule has 2 amide bonds. The molecule has 0 bridgehead atoms. The summed E-state index contributed by atoms with van der Waals surface area (Å²) in [4.78, 5) is 38.1. The van der Waals surface area contributed by atoms with Crippen molar-refractivity contribution in [1.82, 2.24) is 4.90 Å². The highest BCUT2D eigenvalue weighted by Crippen LogP contribution is 2.33. The van der Waals surface area contributed by atoms with E-state index in [-0.39, 0.29) is 5.91 Å². The predicted octanol–water partition coefficient (Wildman–Crippen LogP) is 0.947. The highest BCUT2D eigenvalue weighted by atomic mass is 16.8. The van der Waals surface area contributed by atoms with Crippen molar-refractivity contribution in [2.75, 3.05) is 6.54 Å². The minimum absolute atomic E-state index is 0.237. The molecule has 0 spiro atoms. The van der Waals surface area contributed by atoms with Crippen LogP contribution in [0.25, 0.3) is 0 Å². The molecule has 2 aliphatic heterocycles. The Kier molecular flexibility index (Phi) is 5.29. The third-order valence-corrected chi connectivity index (χ3v) is 4.41. The van der Waals surface area contributed by atoms with E-state index in [1.54, 1.807) is 13.8 Å². The molecule has 2 rings (SSSR count). The number of nitrogens with two attached hydrogens (primary N) is 1. The van der Waals surface area contributed by atoms with Crippen LogP contribution in [0.2, 0.25) is 0 Å². The minimum atomic E-state index is -1.03. The predicted molar refractivity (Wildman–Crippen MR) is 82.0 cm³/mol. The molecule has 0 saturated carbocycles. The van der Waals surface area contributed by atoms with Crippen LogP contribution < -0.4 is 5.73 Å². The highest BCUT2D eigenvalue weighted by molar-refractivity contribution is 5.91. The highest BCUT2D eigenvalue weighted by Gasteiger charge is 2.49. The monoisotopic (exact) mass is 326 g/mol. The number of carbonyl (C=O) groups is 3. The molecule has 0 aromatic carbocycles. The van der Waals surface area contributed by atoms with Crippen LogP contribution in [0.4, 0.5) is 0 Å². The summed E-state index contributed by atoms with van der Waals surface area (Å²) in [6.07, 6.45) is 2.60. The van der Waals surface area contributed by atoms with Gasteiger partial charge in [0.05, 0.1) is 5.92 Å². The molecule has 3 atom stereocenters. The van der Waals surface area contributed by atoms with Crippen molar-refractivity contribution in [3.63, 3.8) is 0 Å². The Balaban J connectivity index is 2.19. The summed E-state index contributed by atoms with van der Waals surface area (Å²) in [7, 11) is 0. The maximum Gasteiger partial charge on any atom is 0.338 e. The number of rotatable bonds is 6. The van der Waals surface area contributed by atoms with Crippen molar-refractivity contribution in [2.24, 2.45) is 11.7 Å². The molecule has 7 heteroatoms. The number of ether oxygens (including phenoxy) is 2. The van der Waals surface area contributed by atoms with Crippen LogP contribution in [-0.4, -0.2) is 47.2 Å². The molecular formula is C16H26N2O5. The number of primary amides is 1. The van der Waals surface area contributed by atoms with Crippen LogP contribution >= 0.6 is 0 Å². The maximum atomic E-state index is 12.9. The second kappa shape index (κ2) is 6.86. The summed E-state index contributed by atoms with van der Waals surface area (Å²) >= 11 is 0. The Morgan fingerprint density at radius 1 is 1.43 bits per heavy atom. The van der Waals surface area contributed by atoms with Crippen molar-refractivity contribution >= 4 is 17.8 Å². The molecular weight excluding hydrogens is 300 g/mol. The number of cyclic esters (lactones) is 1. The lowest BCUT2D eigenvalue weighted by Gasteiger charge is -2.29. The first-order chi connectivity index (χ1) is 10.8. The summed E-state index contributed by atoms with van der Waals surface area (Å²) in [6, 6.07) is -0.586. The standard InChI is InChI=1S/C16H26N2O5/c1-4-5-7-10(12-15(21)23-16(2,3)22-12)14(20)18-9-6-8-11(18)13(17)19/h10-12H,4-9H2,1-3H3,(H2,17,19). The van der Waals surface area contributed by atoms with Crippen molar-refractivity contribution in [2.45, 2.75) is 70.8 Å². The van der Waals surface area contributed by atoms with E-state index in [0.717, 1.165) is 19.3 Å². The SMILES string of the molecule is CCCCC(C(=O)N1CCCC1C(N)=O)C1OC(C)(C)OC1=O. The molecule has 0 aromatic rings. The van der Waals surface area contributed by atoms with E-state index in [4.69, 9.17) is 15.2 Å². The third-order valence-electron chi connectivity index (χ3n) is 4.41. The van der Waals surface area contributed by atoms with E-state index < -0.39 is 35.7 Å². The van der Waals surface area contributed by atoms with Gasteiger partial charge in [-0.2, -0.15) is 0 Å². The molecule has 2 heterocycles. The molecule has 3 unspecified atom stereocenters. The number of hydrogen-bond donors (Lipinski definition) is 1. The molecule has 130 valence electrons. The number of hydrogen-bond acceptors (Lipinski definition) is 5. The minimum Gasteiger partial charge on any atom is -0.432 e. The first-order valence-electron chi connectivity index (χ1n) is 8.27. The van der Waals surface area contributed by atoms with Crippen molar-refractivity contribution in [1.29, 1.82) is 0 Å². The van der Waals surface area contributed by atoms with Gasteiger partial charge in [-0.1, -0.05) is 19.8 Å². The van der Waals surface area contributed by atoms with E-state index in [1.807, 2.05) is 6.92 Å². The fraction of sp³-hybridized carbons (Fsp3) is 0.812. The van der Waals surface area contributed by atoms with Crippen molar-refractivity contribution in [3.05, 3.63) is 0 Å². The topological polar surface area (TPSA) is 98.9 Å². The first-order valence-corrected chi connectivity index (χ1v) is 8.27. The molecule has 2 aliphatic rings. The molecule has 2 fully saturated rings. The van der Waals surface area contributed by atoms with E-state index in [2.05, 4.69) is 0 Å². The Morgan fingerprint density at radius 2 is 2.13 bits per heavy atom. The Morgan fingerprint density at radius 3 is 2.65 bits per heavy atom. The van der Waals surface area contributed by atoms with Crippen molar-refractivity contribution in [3.8, 4) is 0 Å². The maximum absolute atomic E-state index is 12.9. The van der Waals surface area contributed by atoms with Gasteiger partial charge in [-0.25, -0.2) is 4.79 Å². The van der Waals surface area contributed by atoms with Crippen LogP contribution in [0.15, 0.2) is 0 Å². The van der Waals surface area contributed by atoms with Crippen LogP contribution in [0.3, 0.4) is 0 Å². The molecule has 23 heavy (non-hydrogen) atoms. The zero-order valence-corrected chi connectivity index (χ0v) is 14.0. The van der Waals surface area contributed by atoms with Gasteiger partial charge in [-0.05, 0) is 19.3 Å². The number of carbonyl (C=O) groups excluding carboxylic acids is 3. The second-order valence-electron chi connectivity index (χ2n) is 6.70. The number of amides is 2. The summed E-state index contributed by atoms with van der Waals surface area (Å²) in [6.45, 7) is 5.80. The number of nitrogens with zero attached hydrogens (tertiary/aromatic N) is 1. The molecule has 0 radical (unpaired) electrons. The van der Waals surface area contributed by atoms with Gasteiger partial charge in [0.25, 0.3) is 0 Å². The Hall–Kier alpha value is -1.63. The molecule has 0 aromatic heterocycles. The average Bonchev–Trinajstić information content (AvgIpc) is 3.03. The van der Waals surface area contributed by atoms with Gasteiger partial charge < -0.3 is 20.1 Å². The zero-order chi connectivity index (χ0) is 17.2. The second-order valence-corrected chi connectivity index (χ2v) is 6.70. The number of unbranched alkanes of at least 4 members (excludes halogenated alkanes) is 1. The van der Waals surface area contributed by atoms with Crippen LogP contribution in [0, 0.1) is 5.92 Å². The van der Waals surface area contributed by atoms with E-state index in [9.17, 15) is 14.4 Å². The number of esters is 1. The largest absolute Gasteiger partial charge is 0.432 e. The van der Waals surface area contributed by atoms with Gasteiger partial charge in [0.1, 0.15) is 6.04 Å². The van der Waals surface area contributed by atoms with E-state index in [1.165, 1.54) is 4.90 Å². The van der Waals surface area contributed by atoms with Crippen LogP contribution in [0.5, 0.6) is 0 Å². The smallest absolute Gasteiger partial charge is 0.338 e. The van der Waals surface area contributed by atoms with Gasteiger partial charge in [-0.3, -0.25) is 9.59 Å². The summed E-state index contributed by atoms with van der Waals surface area (Å²) in [5.41, 5.74) is 5.39. The third kappa shape index (κ3) is 3.83. The molecule has 0 aliphatic carbocycles. The number of likely N-dealkylation sites (tertiary alicyclic amines) is 1. The quantitative estimate of drug-likeness (QED) is 0.733. The van der Waals surface area contributed by atoms with E-state index in [0.29, 0.717) is 19.4 Å². The fourth-order valence-electron chi connectivity index (χ4n) is 3.29. The van der Waals surface area contributed by atoms with Crippen LogP contribution in [0.1, 0.15) is 52.9 Å². The Bertz CT molecular complexity index is 491. The Labute approximate surface area is 136 Å². The summed E-state index contributed by atoms with van der Waals surface area (Å²) in [5.74, 6) is -2.91. The van der Waals surface area contributed by atoms with E-state index >= 15 is 0 Å².